The maximum Gasteiger partial charge on any atom is 1.00 e. The molecule has 0 radical (unpaired) electrons. The van der Waals surface area contributed by atoms with Crippen molar-refractivity contribution in [2.75, 3.05) is 6.79 Å². The molecule has 8 nitrogen and oxygen atoms in total. The molecule has 186 valence electrons. The van der Waals surface area contributed by atoms with Crippen molar-refractivity contribution < 1.29 is 138 Å². The molecule has 37 heavy (non-hydrogen) atoms. The zero-order valence-corrected chi connectivity index (χ0v) is 28.3. The van der Waals surface area contributed by atoms with Crippen LogP contribution in [0.5, 0.6) is 11.5 Å². The van der Waals surface area contributed by atoms with Crippen LogP contribution in [0.3, 0.4) is 0 Å². The number of amides is 1. The Labute approximate surface area is 304 Å². The summed E-state index contributed by atoms with van der Waals surface area (Å²) in [5.41, 5.74) is 2.31. The van der Waals surface area contributed by atoms with Crippen LogP contribution in [-0.2, 0) is 21.2 Å². The molecule has 0 aromatic heterocycles. The molecular weight excluding hydrogens is 549 g/mol. The monoisotopic (exact) mass is 575 g/mol. The summed E-state index contributed by atoms with van der Waals surface area (Å²) in [6, 6.07) is 17.5. The Bertz CT molecular complexity index is 1370. The van der Waals surface area contributed by atoms with Gasteiger partial charge in [-0.25, -0.2) is 17.9 Å². The van der Waals surface area contributed by atoms with E-state index in [2.05, 4.69) is 4.72 Å². The summed E-state index contributed by atoms with van der Waals surface area (Å²) in [6.07, 6.45) is 0.146. The maximum atomic E-state index is 13.3. The number of sulfonamides is 1. The van der Waals surface area contributed by atoms with Crippen LogP contribution in [0.2, 0.25) is 0 Å². The van der Waals surface area contributed by atoms with Gasteiger partial charge >= 0.3 is 109 Å². The molecule has 1 unspecified atom stereocenters. The largest absolute Gasteiger partial charge is 1.00 e. The molecule has 1 amide bonds. The first-order chi connectivity index (χ1) is 16.6. The van der Waals surface area contributed by atoms with Gasteiger partial charge in [0.15, 0.2) is 11.5 Å². The molecule has 3 aromatic carbocycles. The van der Waals surface area contributed by atoms with E-state index in [0.29, 0.717) is 22.6 Å². The number of carbonyl (C=O) groups is 2. The number of aromatic carboxylic acids is 1. The number of carboxylic acid groups (broad SMARTS) is 1. The summed E-state index contributed by atoms with van der Waals surface area (Å²) in [5.74, 6) is -1.41. The van der Waals surface area contributed by atoms with Crippen molar-refractivity contribution in [2.45, 2.75) is 37.0 Å². The smallest absolute Gasteiger partial charge is 1.00 e. The van der Waals surface area contributed by atoms with E-state index in [1.807, 2.05) is 13.8 Å². The average Bonchev–Trinajstić information content (AvgIpc) is 3.30. The summed E-state index contributed by atoms with van der Waals surface area (Å²) in [4.78, 5) is 24.5. The third-order valence-corrected chi connectivity index (χ3v) is 7.21. The number of benzene rings is 3. The quantitative estimate of drug-likeness (QED) is 0.308. The van der Waals surface area contributed by atoms with E-state index >= 15 is 0 Å². The van der Waals surface area contributed by atoms with Crippen LogP contribution in [0.1, 0.15) is 55.6 Å². The summed E-state index contributed by atoms with van der Waals surface area (Å²) in [5, 5.41) is 9.14. The third kappa shape index (κ3) is 8.21. The van der Waals surface area contributed by atoms with Crippen molar-refractivity contribution in [1.82, 2.24) is 4.72 Å². The van der Waals surface area contributed by atoms with Gasteiger partial charge in [-0.05, 0) is 65.4 Å². The number of carbonyl (C=O) groups excluding carboxylic acids is 1. The standard InChI is InChI=1S/C26H25NO7S.2K.2H/c1-16(2)18-7-10-21(11-8-18)35(31,32)27-25(28)22(13-17-3-5-19(6-4-17)26(29)30)20-9-12-23-24(14-20)34-15-33-23;;;;/h3-12,14,16,22H,13,15H2,1-2H3,(H,27,28)(H,29,30);;;;/q;2*+1;2*-1. The molecule has 1 atom stereocenters. The molecule has 1 aliphatic rings. The van der Waals surface area contributed by atoms with Crippen LogP contribution in [0.25, 0.3) is 0 Å². The molecule has 0 aliphatic carbocycles. The van der Waals surface area contributed by atoms with Crippen molar-refractivity contribution in [1.29, 1.82) is 0 Å². The van der Waals surface area contributed by atoms with Crippen molar-refractivity contribution in [3.8, 4) is 11.5 Å². The van der Waals surface area contributed by atoms with Crippen LogP contribution in [0, 0.1) is 0 Å². The first-order valence-electron chi connectivity index (χ1n) is 11.0. The third-order valence-electron chi connectivity index (χ3n) is 5.85. The van der Waals surface area contributed by atoms with E-state index < -0.39 is 27.8 Å². The van der Waals surface area contributed by atoms with Crippen molar-refractivity contribution in [2.24, 2.45) is 0 Å². The fourth-order valence-corrected chi connectivity index (χ4v) is 4.82. The molecule has 4 rings (SSSR count). The number of ether oxygens (including phenoxy) is 2. The van der Waals surface area contributed by atoms with Crippen LogP contribution in [0.15, 0.2) is 71.6 Å². The minimum Gasteiger partial charge on any atom is -1.00 e. The minimum atomic E-state index is -4.11. The Hall–Kier alpha value is -0.577. The van der Waals surface area contributed by atoms with Crippen LogP contribution in [0.4, 0.5) is 0 Å². The van der Waals surface area contributed by atoms with Crippen molar-refractivity contribution >= 4 is 21.9 Å². The van der Waals surface area contributed by atoms with E-state index in [0.717, 1.165) is 5.56 Å². The number of rotatable bonds is 8. The normalized spacial score (nSPS) is 12.7. The average molecular weight is 576 g/mol. The number of carboxylic acids is 1. The number of hydrogen-bond donors (Lipinski definition) is 2. The van der Waals surface area contributed by atoms with Gasteiger partial charge in [-0.2, -0.15) is 0 Å². The molecule has 1 heterocycles. The Kier molecular flexibility index (Phi) is 12.5. The van der Waals surface area contributed by atoms with Gasteiger partial charge in [0.2, 0.25) is 12.7 Å². The topological polar surface area (TPSA) is 119 Å². The van der Waals surface area contributed by atoms with Crippen LogP contribution >= 0.6 is 0 Å². The second kappa shape index (κ2) is 14.2. The Morgan fingerprint density at radius 1 is 0.919 bits per heavy atom. The molecule has 0 fully saturated rings. The van der Waals surface area contributed by atoms with E-state index in [9.17, 15) is 18.0 Å². The molecule has 0 bridgehead atoms. The Morgan fingerprint density at radius 2 is 1.51 bits per heavy atom. The summed E-state index contributed by atoms with van der Waals surface area (Å²) >= 11 is 0. The van der Waals surface area contributed by atoms with Crippen molar-refractivity contribution in [3.63, 3.8) is 0 Å². The van der Waals surface area contributed by atoms with E-state index in [1.54, 1.807) is 42.5 Å². The number of fused-ring (bicyclic) bond motifs is 1. The molecule has 0 saturated heterocycles. The maximum absolute atomic E-state index is 13.3. The molecular formula is C26H27K2NO7S. The van der Waals surface area contributed by atoms with Gasteiger partial charge in [0.25, 0.3) is 10.0 Å². The molecule has 0 saturated carbocycles. The van der Waals surface area contributed by atoms with Crippen LogP contribution in [-0.4, -0.2) is 32.2 Å². The zero-order valence-electron chi connectivity index (χ0n) is 23.2. The van der Waals surface area contributed by atoms with E-state index in [1.165, 1.54) is 24.3 Å². The zero-order chi connectivity index (χ0) is 25.2. The second-order valence-electron chi connectivity index (χ2n) is 8.56. The SMILES string of the molecule is CC(C)c1ccc(S(=O)(=O)NC(=O)C(Cc2ccc(C(=O)O)cc2)c2ccc3c(c2)OCO3)cc1.[H-].[H-].[K+].[K+]. The van der Waals surface area contributed by atoms with Gasteiger partial charge in [-0.3, -0.25) is 4.79 Å². The molecule has 3 aromatic rings. The Morgan fingerprint density at radius 3 is 2.11 bits per heavy atom. The van der Waals surface area contributed by atoms with Gasteiger partial charge in [-0.1, -0.05) is 44.2 Å². The van der Waals surface area contributed by atoms with Crippen molar-refractivity contribution in [3.05, 3.63) is 89.0 Å². The molecule has 11 heteroatoms. The first kappa shape index (κ1) is 32.6. The summed E-state index contributed by atoms with van der Waals surface area (Å²) in [7, 11) is -4.11. The van der Waals surface area contributed by atoms with E-state index in [-0.39, 0.29) is 135 Å². The first-order valence-corrected chi connectivity index (χ1v) is 12.5. The van der Waals surface area contributed by atoms with Gasteiger partial charge < -0.3 is 17.4 Å². The number of nitrogens with one attached hydrogen (secondary N) is 1. The van der Waals surface area contributed by atoms with E-state index in [4.69, 9.17) is 14.6 Å². The van der Waals surface area contributed by atoms with Gasteiger partial charge in [0.05, 0.1) is 16.4 Å². The predicted octanol–water partition coefficient (Wildman–Crippen LogP) is -1.70. The Balaban J connectivity index is 0.00000361. The second-order valence-corrected chi connectivity index (χ2v) is 10.2. The fourth-order valence-electron chi connectivity index (χ4n) is 3.81. The predicted molar refractivity (Wildman–Crippen MR) is 130 cm³/mol. The van der Waals surface area contributed by atoms with Gasteiger partial charge in [0, 0.05) is 0 Å². The minimum absolute atomic E-state index is 0. The van der Waals surface area contributed by atoms with Gasteiger partial charge in [-0.15, -0.1) is 0 Å². The molecule has 1 aliphatic heterocycles. The van der Waals surface area contributed by atoms with Crippen LogP contribution < -0.4 is 117 Å². The summed E-state index contributed by atoms with van der Waals surface area (Å²) < 4.78 is 38.9. The van der Waals surface area contributed by atoms with Gasteiger partial charge in [0.1, 0.15) is 0 Å². The molecule has 0 spiro atoms. The summed E-state index contributed by atoms with van der Waals surface area (Å²) in [6.45, 7) is 4.07. The molecule has 2 N–H and O–H groups in total. The fraction of sp³-hybridized carbons (Fsp3) is 0.231. The number of hydrogen-bond acceptors (Lipinski definition) is 6.